The van der Waals surface area contributed by atoms with Crippen LogP contribution in [0, 0.1) is 5.92 Å². The zero-order valence-electron chi connectivity index (χ0n) is 16.8. The molecule has 0 spiro atoms. The number of carbonyl (C=O) groups is 1. The van der Waals surface area contributed by atoms with Gasteiger partial charge < -0.3 is 15.0 Å². The van der Waals surface area contributed by atoms with Crippen molar-refractivity contribution in [3.05, 3.63) is 66.5 Å². The van der Waals surface area contributed by atoms with Gasteiger partial charge in [-0.2, -0.15) is 0 Å². The molecule has 2 aromatic carbocycles. The number of hydrogen-bond donors (Lipinski definition) is 1. The molecule has 2 heterocycles. The summed E-state index contributed by atoms with van der Waals surface area (Å²) in [5.41, 5.74) is 1.86. The summed E-state index contributed by atoms with van der Waals surface area (Å²) >= 11 is 0. The summed E-state index contributed by atoms with van der Waals surface area (Å²) in [5, 5.41) is 5.15. The number of aromatic nitrogens is 1. The maximum atomic E-state index is 13.1. The molecule has 0 aliphatic carbocycles. The number of benzene rings is 2. The molecule has 150 valence electrons. The first-order valence-electron chi connectivity index (χ1n) is 10.3. The third-order valence-corrected chi connectivity index (χ3v) is 5.61. The standard InChI is InChI=1S/C24H27N3O2/c1-2-29-22-8-7-19-5-3-4-6-21(19)23(22)24(28)26-17-18-11-15-27(16-12-18)20-9-13-25-14-10-20/h3-10,13-14,18H,2,11-12,15-17H2,1H3,(H,26,28). The lowest BCUT2D eigenvalue weighted by molar-refractivity contribution is 0.0943. The first-order chi connectivity index (χ1) is 14.3. The summed E-state index contributed by atoms with van der Waals surface area (Å²) in [4.78, 5) is 19.6. The normalized spacial score (nSPS) is 14.7. The van der Waals surface area contributed by atoms with E-state index in [4.69, 9.17) is 4.74 Å². The average Bonchev–Trinajstić information content (AvgIpc) is 2.78. The van der Waals surface area contributed by atoms with E-state index in [-0.39, 0.29) is 5.91 Å². The Bertz CT molecular complexity index is 966. The van der Waals surface area contributed by atoms with E-state index >= 15 is 0 Å². The second-order valence-electron chi connectivity index (χ2n) is 7.44. The summed E-state index contributed by atoms with van der Waals surface area (Å²) in [6.45, 7) is 5.17. The van der Waals surface area contributed by atoms with Gasteiger partial charge in [-0.05, 0) is 54.7 Å². The molecular weight excluding hydrogens is 362 g/mol. The molecule has 5 nitrogen and oxygen atoms in total. The molecule has 1 aromatic heterocycles. The Morgan fingerprint density at radius 2 is 1.86 bits per heavy atom. The molecule has 0 unspecified atom stereocenters. The zero-order valence-corrected chi connectivity index (χ0v) is 16.8. The van der Waals surface area contributed by atoms with Crippen LogP contribution in [0.25, 0.3) is 10.8 Å². The van der Waals surface area contributed by atoms with Gasteiger partial charge in [-0.3, -0.25) is 9.78 Å². The molecule has 1 fully saturated rings. The van der Waals surface area contributed by atoms with Crippen molar-refractivity contribution in [2.75, 3.05) is 31.1 Å². The SMILES string of the molecule is CCOc1ccc2ccccc2c1C(=O)NCC1CCN(c2ccncc2)CC1. The molecule has 5 heteroatoms. The van der Waals surface area contributed by atoms with Gasteiger partial charge in [-0.1, -0.05) is 30.3 Å². The maximum Gasteiger partial charge on any atom is 0.255 e. The fourth-order valence-electron chi connectivity index (χ4n) is 4.04. The van der Waals surface area contributed by atoms with Crippen LogP contribution in [-0.4, -0.2) is 37.1 Å². The fraction of sp³-hybridized carbons (Fsp3) is 0.333. The molecule has 0 bridgehead atoms. The number of rotatable bonds is 6. The molecule has 29 heavy (non-hydrogen) atoms. The Morgan fingerprint density at radius 3 is 2.62 bits per heavy atom. The molecule has 1 aliphatic rings. The van der Waals surface area contributed by atoms with E-state index < -0.39 is 0 Å². The molecule has 1 aliphatic heterocycles. The van der Waals surface area contributed by atoms with Gasteiger partial charge >= 0.3 is 0 Å². The number of nitrogens with one attached hydrogen (secondary N) is 1. The van der Waals surface area contributed by atoms with Crippen LogP contribution in [0.2, 0.25) is 0 Å². The minimum Gasteiger partial charge on any atom is -0.493 e. The lowest BCUT2D eigenvalue weighted by Crippen LogP contribution is -2.38. The molecule has 1 amide bonds. The number of anilines is 1. The molecule has 0 atom stereocenters. The Kier molecular flexibility index (Phi) is 5.94. The number of piperidine rings is 1. The van der Waals surface area contributed by atoms with E-state index in [9.17, 15) is 4.79 Å². The third kappa shape index (κ3) is 4.34. The zero-order chi connectivity index (χ0) is 20.1. The molecule has 1 N–H and O–H groups in total. The highest BCUT2D eigenvalue weighted by molar-refractivity contribution is 6.09. The molecule has 3 aromatic rings. The Balaban J connectivity index is 1.41. The van der Waals surface area contributed by atoms with Gasteiger partial charge in [-0.15, -0.1) is 0 Å². The monoisotopic (exact) mass is 389 g/mol. The molecule has 0 radical (unpaired) electrons. The highest BCUT2D eigenvalue weighted by Crippen LogP contribution is 2.28. The quantitative estimate of drug-likeness (QED) is 0.684. The second kappa shape index (κ2) is 8.95. The van der Waals surface area contributed by atoms with E-state index in [0.29, 0.717) is 30.4 Å². The van der Waals surface area contributed by atoms with Crippen LogP contribution in [0.5, 0.6) is 5.75 Å². The first kappa shape index (κ1) is 19.2. The predicted molar refractivity (Wildman–Crippen MR) is 117 cm³/mol. The van der Waals surface area contributed by atoms with Crippen molar-refractivity contribution in [1.82, 2.24) is 10.3 Å². The van der Waals surface area contributed by atoms with Crippen LogP contribution in [0.4, 0.5) is 5.69 Å². The molecule has 0 saturated carbocycles. The highest BCUT2D eigenvalue weighted by Gasteiger charge is 2.22. The van der Waals surface area contributed by atoms with Crippen molar-refractivity contribution in [2.45, 2.75) is 19.8 Å². The minimum atomic E-state index is -0.0539. The van der Waals surface area contributed by atoms with E-state index in [2.05, 4.69) is 27.3 Å². The van der Waals surface area contributed by atoms with Gasteiger partial charge in [0.25, 0.3) is 5.91 Å². The topological polar surface area (TPSA) is 54.5 Å². The Hall–Kier alpha value is -3.08. The summed E-state index contributed by atoms with van der Waals surface area (Å²) in [7, 11) is 0. The first-order valence-corrected chi connectivity index (χ1v) is 10.3. The van der Waals surface area contributed by atoms with E-state index in [0.717, 1.165) is 36.7 Å². The summed E-state index contributed by atoms with van der Waals surface area (Å²) in [5.74, 6) is 1.08. The van der Waals surface area contributed by atoms with Crippen LogP contribution in [0.3, 0.4) is 0 Å². The second-order valence-corrected chi connectivity index (χ2v) is 7.44. The van der Waals surface area contributed by atoms with Crippen molar-refractivity contribution < 1.29 is 9.53 Å². The van der Waals surface area contributed by atoms with E-state index in [1.165, 1.54) is 5.69 Å². The number of carbonyl (C=O) groups excluding carboxylic acids is 1. The Labute approximate surface area is 171 Å². The van der Waals surface area contributed by atoms with Crippen molar-refractivity contribution in [3.8, 4) is 5.75 Å². The molecular formula is C24H27N3O2. The van der Waals surface area contributed by atoms with Crippen LogP contribution in [0.1, 0.15) is 30.1 Å². The van der Waals surface area contributed by atoms with Gasteiger partial charge in [-0.25, -0.2) is 0 Å². The van der Waals surface area contributed by atoms with Gasteiger partial charge in [0.2, 0.25) is 0 Å². The largest absolute Gasteiger partial charge is 0.493 e. The van der Waals surface area contributed by atoms with Crippen molar-refractivity contribution in [2.24, 2.45) is 5.92 Å². The summed E-state index contributed by atoms with van der Waals surface area (Å²) in [6, 6.07) is 16.0. The van der Waals surface area contributed by atoms with Gasteiger partial charge in [0.15, 0.2) is 0 Å². The Morgan fingerprint density at radius 1 is 1.10 bits per heavy atom. The minimum absolute atomic E-state index is 0.0539. The van der Waals surface area contributed by atoms with Gasteiger partial charge in [0.1, 0.15) is 5.75 Å². The van der Waals surface area contributed by atoms with Crippen LogP contribution in [-0.2, 0) is 0 Å². The number of ether oxygens (including phenoxy) is 1. The summed E-state index contributed by atoms with van der Waals surface area (Å²) < 4.78 is 5.75. The maximum absolute atomic E-state index is 13.1. The van der Waals surface area contributed by atoms with Crippen LogP contribution >= 0.6 is 0 Å². The number of hydrogen-bond acceptors (Lipinski definition) is 4. The van der Waals surface area contributed by atoms with Crippen molar-refractivity contribution >= 4 is 22.4 Å². The number of amides is 1. The van der Waals surface area contributed by atoms with Crippen molar-refractivity contribution in [1.29, 1.82) is 0 Å². The number of pyridine rings is 1. The van der Waals surface area contributed by atoms with Crippen LogP contribution < -0.4 is 15.0 Å². The fourth-order valence-corrected chi connectivity index (χ4v) is 4.04. The molecule has 1 saturated heterocycles. The lowest BCUT2D eigenvalue weighted by Gasteiger charge is -2.33. The van der Waals surface area contributed by atoms with E-state index in [1.54, 1.807) is 0 Å². The highest BCUT2D eigenvalue weighted by atomic mass is 16.5. The number of nitrogens with zero attached hydrogens (tertiary/aromatic N) is 2. The predicted octanol–water partition coefficient (Wildman–Crippen LogP) is 4.28. The average molecular weight is 389 g/mol. The summed E-state index contributed by atoms with van der Waals surface area (Å²) in [6.07, 6.45) is 5.80. The smallest absolute Gasteiger partial charge is 0.255 e. The lowest BCUT2D eigenvalue weighted by atomic mass is 9.96. The third-order valence-electron chi connectivity index (χ3n) is 5.61. The van der Waals surface area contributed by atoms with Gasteiger partial charge in [0, 0.05) is 37.7 Å². The van der Waals surface area contributed by atoms with Gasteiger partial charge in [0.05, 0.1) is 12.2 Å². The van der Waals surface area contributed by atoms with E-state index in [1.807, 2.05) is 55.7 Å². The van der Waals surface area contributed by atoms with Crippen molar-refractivity contribution in [3.63, 3.8) is 0 Å². The van der Waals surface area contributed by atoms with Crippen LogP contribution in [0.15, 0.2) is 60.9 Å². The molecule has 4 rings (SSSR count). The number of fused-ring (bicyclic) bond motifs is 1.